The van der Waals surface area contributed by atoms with Crippen molar-refractivity contribution in [2.75, 3.05) is 9.80 Å². The van der Waals surface area contributed by atoms with E-state index in [1.54, 1.807) is 0 Å². The molecule has 0 aromatic heterocycles. The van der Waals surface area contributed by atoms with Crippen molar-refractivity contribution in [2.45, 2.75) is 0 Å². The first-order valence-electron chi connectivity index (χ1n) is 30.1. The average molecular weight is 1120 g/mol. The third-order valence-electron chi connectivity index (χ3n) is 16.5. The summed E-state index contributed by atoms with van der Waals surface area (Å²) in [6.45, 7) is 0. The molecule has 416 valence electrons. The number of nitrogens with zero attached hydrogens (tertiary/aromatic N) is 2. The number of anilines is 6. The predicted octanol–water partition coefficient (Wildman–Crippen LogP) is 24.3. The van der Waals surface area contributed by atoms with Gasteiger partial charge in [0.05, 0.1) is 0 Å². The van der Waals surface area contributed by atoms with Crippen LogP contribution in [0.25, 0.3) is 101 Å². The third-order valence-corrected chi connectivity index (χ3v) is 16.5. The summed E-state index contributed by atoms with van der Waals surface area (Å²) in [6.07, 6.45) is 8.69. The molecule has 0 spiro atoms. The van der Waals surface area contributed by atoms with Crippen LogP contribution in [0.1, 0.15) is 22.3 Å². The summed E-state index contributed by atoms with van der Waals surface area (Å²) in [5, 5.41) is 10.2. The summed E-state index contributed by atoms with van der Waals surface area (Å²) >= 11 is 0. The molecule has 2 heteroatoms. The minimum atomic E-state index is 1.12. The zero-order chi connectivity index (χ0) is 58.9. The first-order valence-corrected chi connectivity index (χ1v) is 30.1. The smallest absolute Gasteiger partial charge is 0.0462 e. The van der Waals surface area contributed by atoms with Crippen LogP contribution in [0.2, 0.25) is 0 Å². The summed E-state index contributed by atoms with van der Waals surface area (Å²) in [7, 11) is 0. The summed E-state index contributed by atoms with van der Waals surface area (Å²) in [4.78, 5) is 4.56. The van der Waals surface area contributed by atoms with Crippen molar-refractivity contribution in [3.8, 4) is 33.4 Å². The Labute approximate surface area is 515 Å². The quantitative estimate of drug-likeness (QED) is 0.0839. The lowest BCUT2D eigenvalue weighted by atomic mass is 9.85. The van der Waals surface area contributed by atoms with E-state index >= 15 is 0 Å². The molecule has 0 bridgehead atoms. The van der Waals surface area contributed by atoms with E-state index in [4.69, 9.17) is 0 Å². The molecule has 15 aromatic carbocycles. The molecule has 15 rings (SSSR count). The fraction of sp³-hybridized carbons (Fsp3) is 0. The van der Waals surface area contributed by atoms with Crippen LogP contribution in [-0.4, -0.2) is 0 Å². The third kappa shape index (κ3) is 11.8. The van der Waals surface area contributed by atoms with Gasteiger partial charge in [-0.15, -0.1) is 0 Å². The molecule has 88 heavy (non-hydrogen) atoms. The van der Waals surface area contributed by atoms with Gasteiger partial charge in [0.15, 0.2) is 0 Å². The summed E-state index contributed by atoms with van der Waals surface area (Å²) in [6, 6.07) is 126. The highest BCUT2D eigenvalue weighted by Gasteiger charge is 2.18. The molecule has 15 aromatic rings. The van der Waals surface area contributed by atoms with Gasteiger partial charge in [0.2, 0.25) is 0 Å². The van der Waals surface area contributed by atoms with Crippen molar-refractivity contribution in [3.63, 3.8) is 0 Å². The van der Waals surface area contributed by atoms with Gasteiger partial charge in [-0.2, -0.15) is 0 Å². The van der Waals surface area contributed by atoms with E-state index < -0.39 is 0 Å². The molecule has 0 heterocycles. The molecule has 2 nitrogen and oxygen atoms in total. The SMILES string of the molecule is C(=C\c1ccc(N(c2ccccc2)c2ccccc2)cc1)/c1ccc(-c2ccc(/C=C/c3ccc(N(c4ccccc4)c4ccccc4)cc3)cc2)cc1.c1ccc2cc(-c3c4ccccc4c(-c4ccc5ccccc5c4)c4ccccc34)ccc2c1. The Kier molecular flexibility index (Phi) is 15.6. The lowest BCUT2D eigenvalue weighted by Gasteiger charge is -2.25. The molecule has 0 amide bonds. The Bertz CT molecular complexity index is 4450. The van der Waals surface area contributed by atoms with Crippen LogP contribution >= 0.6 is 0 Å². The second-order valence-electron chi connectivity index (χ2n) is 22.1. The van der Waals surface area contributed by atoms with Crippen LogP contribution in [0.15, 0.2) is 352 Å². The van der Waals surface area contributed by atoms with Crippen molar-refractivity contribution in [1.29, 1.82) is 0 Å². The molecule has 0 saturated carbocycles. The number of benzene rings is 15. The Morgan fingerprint density at radius 3 is 0.693 bits per heavy atom. The van der Waals surface area contributed by atoms with E-state index in [0.29, 0.717) is 0 Å². The zero-order valence-corrected chi connectivity index (χ0v) is 48.7. The van der Waals surface area contributed by atoms with Gasteiger partial charge in [-0.3, -0.25) is 0 Å². The summed E-state index contributed by atoms with van der Waals surface area (Å²) in [5.74, 6) is 0. The van der Waals surface area contributed by atoms with Crippen LogP contribution in [0.3, 0.4) is 0 Å². The van der Waals surface area contributed by atoms with E-state index in [1.165, 1.54) is 87.6 Å². The molecule has 0 saturated heterocycles. The molecular formula is C86H62N2. The Morgan fingerprint density at radius 1 is 0.170 bits per heavy atom. The van der Waals surface area contributed by atoms with Gasteiger partial charge in [-0.25, -0.2) is 0 Å². The maximum absolute atomic E-state index is 2.33. The average Bonchev–Trinajstić information content (AvgIpc) is 0.946. The second-order valence-corrected chi connectivity index (χ2v) is 22.1. The topological polar surface area (TPSA) is 6.48 Å². The van der Waals surface area contributed by atoms with Gasteiger partial charge >= 0.3 is 0 Å². The van der Waals surface area contributed by atoms with E-state index in [9.17, 15) is 0 Å². The summed E-state index contributed by atoms with van der Waals surface area (Å²) in [5.41, 5.74) is 19.0. The largest absolute Gasteiger partial charge is 0.311 e. The number of fused-ring (bicyclic) bond motifs is 4. The van der Waals surface area contributed by atoms with Crippen molar-refractivity contribution < 1.29 is 0 Å². The highest BCUT2D eigenvalue weighted by molar-refractivity contribution is 6.22. The fourth-order valence-corrected chi connectivity index (χ4v) is 12.1. The second kappa shape index (κ2) is 25.3. The predicted molar refractivity (Wildman–Crippen MR) is 379 cm³/mol. The first kappa shape index (κ1) is 54.4. The van der Waals surface area contributed by atoms with E-state index in [0.717, 1.165) is 45.3 Å². The van der Waals surface area contributed by atoms with Crippen molar-refractivity contribution >= 4 is 102 Å². The highest BCUT2D eigenvalue weighted by Crippen LogP contribution is 2.45. The standard InChI is InChI=1S/C52H40N2.C34H22/c1-5-13-47(14-6-1)53(48-15-7-2-8-16-48)51-37-29-43(30-38-51)23-21-41-25-33-45(34-26-41)46-35-27-42(28-36-46)22-24-44-31-39-52(40-32-44)54(49-17-9-3-10-18-49)50-19-11-4-12-20-50;1-3-11-25-21-27(19-17-23(25)9-1)33-29-13-5-7-15-31(29)34(32-16-8-6-14-30(32)33)28-20-18-24-10-2-4-12-26(24)22-28/h1-40H;1-22H/b23-21+,24-22+;. The zero-order valence-electron chi connectivity index (χ0n) is 48.7. The van der Waals surface area contributed by atoms with Gasteiger partial charge in [0.1, 0.15) is 0 Å². The van der Waals surface area contributed by atoms with Crippen LogP contribution in [-0.2, 0) is 0 Å². The van der Waals surface area contributed by atoms with E-state index in [-0.39, 0.29) is 0 Å². The minimum Gasteiger partial charge on any atom is -0.311 e. The van der Waals surface area contributed by atoms with Crippen molar-refractivity contribution in [1.82, 2.24) is 0 Å². The molecule has 0 aliphatic heterocycles. The molecule has 0 N–H and O–H groups in total. The number of para-hydroxylation sites is 4. The van der Waals surface area contributed by atoms with Gasteiger partial charge < -0.3 is 9.80 Å². The number of hydrogen-bond acceptors (Lipinski definition) is 2. The lowest BCUT2D eigenvalue weighted by Crippen LogP contribution is -2.09. The van der Waals surface area contributed by atoms with E-state index in [1.807, 2.05) is 0 Å². The molecule has 0 unspecified atom stereocenters. The molecule has 0 aliphatic rings. The van der Waals surface area contributed by atoms with Crippen LogP contribution in [0.4, 0.5) is 34.1 Å². The van der Waals surface area contributed by atoms with E-state index in [2.05, 4.69) is 386 Å². The first-order chi connectivity index (χ1) is 43.6. The fourth-order valence-electron chi connectivity index (χ4n) is 12.1. The maximum Gasteiger partial charge on any atom is 0.0462 e. The molecule has 0 radical (unpaired) electrons. The van der Waals surface area contributed by atoms with Crippen molar-refractivity contribution in [3.05, 3.63) is 374 Å². The van der Waals surface area contributed by atoms with Gasteiger partial charge in [0, 0.05) is 34.1 Å². The van der Waals surface area contributed by atoms with Gasteiger partial charge in [-0.1, -0.05) is 291 Å². The highest BCUT2D eigenvalue weighted by atomic mass is 15.1. The number of rotatable bonds is 13. The number of hydrogen-bond donors (Lipinski definition) is 0. The molecule has 0 fully saturated rings. The van der Waals surface area contributed by atoms with Crippen LogP contribution in [0.5, 0.6) is 0 Å². The van der Waals surface area contributed by atoms with Crippen LogP contribution < -0.4 is 9.80 Å². The maximum atomic E-state index is 2.33. The van der Waals surface area contributed by atoms with Gasteiger partial charge in [-0.05, 0) is 184 Å². The van der Waals surface area contributed by atoms with Gasteiger partial charge in [0.25, 0.3) is 0 Å². The monoisotopic (exact) mass is 1120 g/mol. The summed E-state index contributed by atoms with van der Waals surface area (Å²) < 4.78 is 0. The molecule has 0 atom stereocenters. The Morgan fingerprint density at radius 2 is 0.398 bits per heavy atom. The lowest BCUT2D eigenvalue weighted by molar-refractivity contribution is 1.28. The molecule has 0 aliphatic carbocycles. The molecular weight excluding hydrogens is 1060 g/mol. The minimum absolute atomic E-state index is 1.12. The normalized spacial score (nSPS) is 11.3. The van der Waals surface area contributed by atoms with Crippen LogP contribution in [0, 0.1) is 0 Å². The Hall–Kier alpha value is -11.6. The van der Waals surface area contributed by atoms with Crippen molar-refractivity contribution in [2.24, 2.45) is 0 Å². The Balaban J connectivity index is 0.000000171.